The van der Waals surface area contributed by atoms with E-state index in [0.717, 1.165) is 22.3 Å². The molecule has 0 bridgehead atoms. The lowest BCUT2D eigenvalue weighted by Gasteiger charge is -2.08. The predicted octanol–water partition coefficient (Wildman–Crippen LogP) is 4.14. The first-order chi connectivity index (χ1) is 14.9. The third kappa shape index (κ3) is 4.30. The molecule has 156 valence electrons. The fourth-order valence-electron chi connectivity index (χ4n) is 3.32. The largest absolute Gasteiger partial charge is 0.451 e. The highest BCUT2D eigenvalue weighted by molar-refractivity contribution is 5.96. The summed E-state index contributed by atoms with van der Waals surface area (Å²) >= 11 is 0. The van der Waals surface area contributed by atoms with Crippen LogP contribution in [-0.2, 0) is 9.53 Å². The number of aryl methyl sites for hydroxylation is 2. The average Bonchev–Trinajstić information content (AvgIpc) is 3.06. The number of carbonyl (C=O) groups is 2. The van der Waals surface area contributed by atoms with Gasteiger partial charge in [-0.15, -0.1) is 0 Å². The number of fused-ring (bicyclic) bond motifs is 1. The number of hydrogen-bond acceptors (Lipinski definition) is 5. The molecule has 7 nitrogen and oxygen atoms in total. The lowest BCUT2D eigenvalue weighted by molar-refractivity contribution is -0.119. The lowest BCUT2D eigenvalue weighted by Crippen LogP contribution is -2.22. The predicted molar refractivity (Wildman–Crippen MR) is 118 cm³/mol. The van der Waals surface area contributed by atoms with E-state index in [2.05, 4.69) is 15.4 Å². The van der Waals surface area contributed by atoms with Gasteiger partial charge >= 0.3 is 5.97 Å². The molecule has 1 N–H and O–H groups in total. The molecular formula is C24H22N4O3. The number of carbonyl (C=O) groups excluding carboxylic acids is 2. The second-order valence-corrected chi connectivity index (χ2v) is 7.31. The molecule has 4 rings (SSSR count). The number of nitrogens with zero attached hydrogens (tertiary/aromatic N) is 3. The van der Waals surface area contributed by atoms with E-state index in [-0.39, 0.29) is 5.69 Å². The van der Waals surface area contributed by atoms with Crippen molar-refractivity contribution in [2.45, 2.75) is 20.8 Å². The van der Waals surface area contributed by atoms with E-state index in [4.69, 9.17) is 4.74 Å². The van der Waals surface area contributed by atoms with Gasteiger partial charge in [0, 0.05) is 5.39 Å². The molecule has 0 saturated heterocycles. The molecule has 0 atom stereocenters. The first kappa shape index (κ1) is 20.3. The van der Waals surface area contributed by atoms with E-state index >= 15 is 0 Å². The molecule has 7 heteroatoms. The van der Waals surface area contributed by atoms with E-state index < -0.39 is 18.5 Å². The highest BCUT2D eigenvalue weighted by Crippen LogP contribution is 2.23. The van der Waals surface area contributed by atoms with Gasteiger partial charge < -0.3 is 10.1 Å². The highest BCUT2D eigenvalue weighted by Gasteiger charge is 2.17. The zero-order valence-electron chi connectivity index (χ0n) is 17.5. The quantitative estimate of drug-likeness (QED) is 0.496. The van der Waals surface area contributed by atoms with Gasteiger partial charge in [0.1, 0.15) is 5.69 Å². The molecule has 0 unspecified atom stereocenters. The number of esters is 1. The minimum atomic E-state index is -0.648. The topological polar surface area (TPSA) is 86.1 Å². The molecule has 2 aromatic carbocycles. The Labute approximate surface area is 179 Å². The van der Waals surface area contributed by atoms with E-state index in [9.17, 15) is 9.59 Å². The number of pyridine rings is 1. The Morgan fingerprint density at radius 2 is 1.71 bits per heavy atom. The van der Waals surface area contributed by atoms with Crippen molar-refractivity contribution in [2.24, 2.45) is 0 Å². The Hall–Kier alpha value is -4.00. The summed E-state index contributed by atoms with van der Waals surface area (Å²) < 4.78 is 6.93. The van der Waals surface area contributed by atoms with E-state index in [1.807, 2.05) is 69.3 Å². The van der Waals surface area contributed by atoms with Crippen molar-refractivity contribution in [2.75, 3.05) is 11.9 Å². The number of hydrogen-bond donors (Lipinski definition) is 1. The van der Waals surface area contributed by atoms with Gasteiger partial charge in [0.2, 0.25) is 0 Å². The van der Waals surface area contributed by atoms with Crippen LogP contribution in [0.1, 0.15) is 27.4 Å². The van der Waals surface area contributed by atoms with E-state index in [1.54, 1.807) is 16.8 Å². The second kappa shape index (κ2) is 8.39. The van der Waals surface area contributed by atoms with Crippen LogP contribution < -0.4 is 5.32 Å². The highest BCUT2D eigenvalue weighted by atomic mass is 16.5. The first-order valence-electron chi connectivity index (χ1n) is 9.88. The fourth-order valence-corrected chi connectivity index (χ4v) is 3.32. The van der Waals surface area contributed by atoms with Crippen molar-refractivity contribution in [3.05, 3.63) is 83.3 Å². The number of para-hydroxylation sites is 1. The standard InChI is InChI=1S/C24H22N4O3/c1-15-8-11-19(12-9-15)28-17(3)23(16(2)27-28)26-22(29)14-31-24(30)21-13-10-18-6-4-5-7-20(18)25-21/h4-13H,14H2,1-3H3,(H,26,29). The number of ether oxygens (including phenoxy) is 1. The van der Waals surface area contributed by atoms with Crippen LogP contribution in [0.5, 0.6) is 0 Å². The van der Waals surface area contributed by atoms with Crippen molar-refractivity contribution in [1.29, 1.82) is 0 Å². The van der Waals surface area contributed by atoms with Crippen molar-refractivity contribution >= 4 is 28.5 Å². The summed E-state index contributed by atoms with van der Waals surface area (Å²) in [5.41, 5.74) is 4.97. The molecule has 2 aromatic heterocycles. The van der Waals surface area contributed by atoms with Crippen LogP contribution in [-0.4, -0.2) is 33.2 Å². The number of rotatable bonds is 5. The van der Waals surface area contributed by atoms with Crippen molar-refractivity contribution in [3.8, 4) is 5.69 Å². The summed E-state index contributed by atoms with van der Waals surface area (Å²) in [6, 6.07) is 18.8. The molecule has 0 aliphatic carbocycles. The second-order valence-electron chi connectivity index (χ2n) is 7.31. The van der Waals surface area contributed by atoms with Gasteiger partial charge in [0.15, 0.2) is 6.61 Å². The molecule has 31 heavy (non-hydrogen) atoms. The van der Waals surface area contributed by atoms with Crippen LogP contribution in [0.3, 0.4) is 0 Å². The molecule has 0 aliphatic heterocycles. The Balaban J connectivity index is 1.42. The van der Waals surface area contributed by atoms with E-state index in [0.29, 0.717) is 16.9 Å². The zero-order chi connectivity index (χ0) is 22.0. The van der Waals surface area contributed by atoms with Gasteiger partial charge in [0.05, 0.1) is 28.3 Å². The van der Waals surface area contributed by atoms with E-state index in [1.165, 1.54) is 0 Å². The minimum absolute atomic E-state index is 0.158. The fraction of sp³-hybridized carbons (Fsp3) is 0.167. The van der Waals surface area contributed by atoms with Crippen LogP contribution in [0.2, 0.25) is 0 Å². The Morgan fingerprint density at radius 1 is 0.968 bits per heavy atom. The number of amides is 1. The third-order valence-corrected chi connectivity index (χ3v) is 4.98. The molecule has 1 amide bonds. The summed E-state index contributed by atoms with van der Waals surface area (Å²) in [5.74, 6) is -1.09. The van der Waals surface area contributed by atoms with Crippen LogP contribution in [0.25, 0.3) is 16.6 Å². The lowest BCUT2D eigenvalue weighted by atomic mass is 10.2. The minimum Gasteiger partial charge on any atom is -0.451 e. The van der Waals surface area contributed by atoms with Crippen LogP contribution in [0.15, 0.2) is 60.7 Å². The van der Waals surface area contributed by atoms with Gasteiger partial charge in [-0.05, 0) is 45.0 Å². The number of anilines is 1. The zero-order valence-corrected chi connectivity index (χ0v) is 17.5. The SMILES string of the molecule is Cc1ccc(-n2nc(C)c(NC(=O)COC(=O)c3ccc4ccccc4n3)c2C)cc1. The van der Waals surface area contributed by atoms with Crippen molar-refractivity contribution < 1.29 is 14.3 Å². The Morgan fingerprint density at radius 3 is 2.48 bits per heavy atom. The van der Waals surface area contributed by atoms with Crippen molar-refractivity contribution in [1.82, 2.24) is 14.8 Å². The van der Waals surface area contributed by atoms with Crippen LogP contribution in [0.4, 0.5) is 5.69 Å². The van der Waals surface area contributed by atoms with Gasteiger partial charge in [-0.1, -0.05) is 42.0 Å². The molecular weight excluding hydrogens is 392 g/mol. The molecule has 0 spiro atoms. The monoisotopic (exact) mass is 414 g/mol. The Kier molecular flexibility index (Phi) is 5.49. The van der Waals surface area contributed by atoms with Crippen LogP contribution in [0, 0.1) is 20.8 Å². The molecule has 4 aromatic rings. The summed E-state index contributed by atoms with van der Waals surface area (Å²) in [5, 5.41) is 8.24. The maximum Gasteiger partial charge on any atom is 0.357 e. The average molecular weight is 414 g/mol. The van der Waals surface area contributed by atoms with Crippen molar-refractivity contribution in [3.63, 3.8) is 0 Å². The summed E-state index contributed by atoms with van der Waals surface area (Å²) in [4.78, 5) is 29.0. The maximum absolute atomic E-state index is 12.4. The van der Waals surface area contributed by atoms with Gasteiger partial charge in [-0.3, -0.25) is 4.79 Å². The molecule has 0 aliphatic rings. The third-order valence-electron chi connectivity index (χ3n) is 4.98. The smallest absolute Gasteiger partial charge is 0.357 e. The molecule has 0 radical (unpaired) electrons. The van der Waals surface area contributed by atoms with Gasteiger partial charge in [-0.25, -0.2) is 14.5 Å². The number of nitrogens with one attached hydrogen (secondary N) is 1. The molecule has 0 saturated carbocycles. The van der Waals surface area contributed by atoms with Gasteiger partial charge in [0.25, 0.3) is 5.91 Å². The molecule has 2 heterocycles. The summed E-state index contributed by atoms with van der Waals surface area (Å²) in [6.45, 7) is 5.30. The first-order valence-corrected chi connectivity index (χ1v) is 9.88. The normalized spacial score (nSPS) is 10.8. The summed E-state index contributed by atoms with van der Waals surface area (Å²) in [7, 11) is 0. The Bertz CT molecular complexity index is 1280. The maximum atomic E-state index is 12.4. The summed E-state index contributed by atoms with van der Waals surface area (Å²) in [6.07, 6.45) is 0. The van der Waals surface area contributed by atoms with Crippen LogP contribution >= 0.6 is 0 Å². The molecule has 0 fully saturated rings. The number of benzene rings is 2. The number of aromatic nitrogens is 3. The van der Waals surface area contributed by atoms with Gasteiger partial charge in [-0.2, -0.15) is 5.10 Å².